The van der Waals surface area contributed by atoms with Gasteiger partial charge in [-0.3, -0.25) is 9.59 Å². The minimum absolute atomic E-state index is 0.176. The molecule has 0 atom stereocenters. The van der Waals surface area contributed by atoms with Crippen molar-refractivity contribution in [1.82, 2.24) is 10.2 Å². The van der Waals surface area contributed by atoms with Gasteiger partial charge in [-0.1, -0.05) is 53.5 Å². The molecule has 3 rings (SSSR count). The van der Waals surface area contributed by atoms with Gasteiger partial charge in [-0.15, -0.1) is 0 Å². The van der Waals surface area contributed by atoms with Crippen molar-refractivity contribution in [3.8, 4) is 11.8 Å². The number of hydrogen-bond donors (Lipinski definition) is 1. The summed E-state index contributed by atoms with van der Waals surface area (Å²) in [6, 6.07) is 21.3. The molecule has 0 aliphatic rings. The first-order chi connectivity index (χ1) is 16.4. The van der Waals surface area contributed by atoms with Crippen LogP contribution in [0.3, 0.4) is 0 Å². The van der Waals surface area contributed by atoms with Gasteiger partial charge < -0.3 is 15.0 Å². The lowest BCUT2D eigenvalue weighted by Crippen LogP contribution is -2.37. The maximum absolute atomic E-state index is 13.4. The third-order valence-corrected chi connectivity index (χ3v) is 5.62. The Morgan fingerprint density at radius 2 is 1.82 bits per heavy atom. The number of hydrogen-bond acceptors (Lipinski definition) is 4. The molecule has 0 bridgehead atoms. The molecule has 0 unspecified atom stereocenters. The zero-order valence-electron chi connectivity index (χ0n) is 18.6. The van der Waals surface area contributed by atoms with Gasteiger partial charge in [-0.05, 0) is 42.0 Å². The Morgan fingerprint density at radius 3 is 2.56 bits per heavy atom. The lowest BCUT2D eigenvalue weighted by molar-refractivity contribution is -0.119. The summed E-state index contributed by atoms with van der Waals surface area (Å²) in [4.78, 5) is 26.3. The molecule has 0 saturated carbocycles. The third kappa shape index (κ3) is 6.98. The van der Waals surface area contributed by atoms with Gasteiger partial charge in [0.25, 0.3) is 5.91 Å². The number of benzene rings is 3. The number of ether oxygens (including phenoxy) is 1. The van der Waals surface area contributed by atoms with Crippen molar-refractivity contribution in [2.45, 2.75) is 20.1 Å². The lowest BCUT2D eigenvalue weighted by atomic mass is 10.1. The Hall–Kier alpha value is -3.53. The maximum Gasteiger partial charge on any atom is 0.254 e. The van der Waals surface area contributed by atoms with E-state index in [9.17, 15) is 14.9 Å². The van der Waals surface area contributed by atoms with Crippen LogP contribution >= 0.6 is 23.2 Å². The minimum atomic E-state index is -0.237. The molecule has 1 N–H and O–H groups in total. The van der Waals surface area contributed by atoms with Crippen LogP contribution in [-0.4, -0.2) is 29.8 Å². The predicted molar refractivity (Wildman–Crippen MR) is 132 cm³/mol. The number of halogens is 2. The summed E-state index contributed by atoms with van der Waals surface area (Å²) >= 11 is 12.3. The highest BCUT2D eigenvalue weighted by Gasteiger charge is 2.18. The average molecular weight is 496 g/mol. The Morgan fingerprint density at radius 1 is 1.03 bits per heavy atom. The van der Waals surface area contributed by atoms with Gasteiger partial charge in [-0.25, -0.2) is 0 Å². The smallest absolute Gasteiger partial charge is 0.254 e. The van der Waals surface area contributed by atoms with E-state index in [0.29, 0.717) is 33.5 Å². The monoisotopic (exact) mass is 495 g/mol. The topological polar surface area (TPSA) is 82.4 Å². The molecule has 0 spiro atoms. The van der Waals surface area contributed by atoms with E-state index >= 15 is 0 Å². The molecular weight excluding hydrogens is 473 g/mol. The highest BCUT2D eigenvalue weighted by atomic mass is 35.5. The van der Waals surface area contributed by atoms with Crippen LogP contribution < -0.4 is 10.1 Å². The van der Waals surface area contributed by atoms with Gasteiger partial charge in [0.1, 0.15) is 12.4 Å². The van der Waals surface area contributed by atoms with E-state index in [1.54, 1.807) is 59.5 Å². The number of nitrogens with one attached hydrogen (secondary N) is 1. The van der Waals surface area contributed by atoms with Crippen molar-refractivity contribution < 1.29 is 14.3 Å². The van der Waals surface area contributed by atoms with Crippen LogP contribution in [0.1, 0.15) is 34.0 Å². The lowest BCUT2D eigenvalue weighted by Gasteiger charge is -2.24. The summed E-state index contributed by atoms with van der Waals surface area (Å²) in [6.07, 6.45) is 0. The number of carbonyl (C=O) groups is 2. The van der Waals surface area contributed by atoms with Crippen LogP contribution in [-0.2, 0) is 17.9 Å². The quantitative estimate of drug-likeness (QED) is 0.440. The third-order valence-electron chi connectivity index (χ3n) is 5.03. The fourth-order valence-electron chi connectivity index (χ4n) is 3.29. The largest absolute Gasteiger partial charge is 0.489 e. The van der Waals surface area contributed by atoms with E-state index in [2.05, 4.69) is 11.4 Å². The predicted octanol–water partition coefficient (Wildman–Crippen LogP) is 5.22. The molecule has 0 aliphatic heterocycles. The molecule has 174 valence electrons. The van der Waals surface area contributed by atoms with Gasteiger partial charge in [0, 0.05) is 47.7 Å². The molecule has 0 heterocycles. The second-order valence-corrected chi connectivity index (χ2v) is 8.37. The molecular formula is C26H23Cl2N3O3. The normalized spacial score (nSPS) is 10.3. The zero-order valence-corrected chi connectivity index (χ0v) is 20.1. The van der Waals surface area contributed by atoms with E-state index in [1.165, 1.54) is 6.92 Å². The van der Waals surface area contributed by atoms with E-state index < -0.39 is 0 Å². The van der Waals surface area contributed by atoms with Crippen LogP contribution in [0.5, 0.6) is 5.75 Å². The van der Waals surface area contributed by atoms with Crippen molar-refractivity contribution in [3.63, 3.8) is 0 Å². The first kappa shape index (κ1) is 25.1. The zero-order chi connectivity index (χ0) is 24.5. The van der Waals surface area contributed by atoms with E-state index in [4.69, 9.17) is 27.9 Å². The van der Waals surface area contributed by atoms with Gasteiger partial charge >= 0.3 is 0 Å². The van der Waals surface area contributed by atoms with Gasteiger partial charge in [0.15, 0.2) is 0 Å². The first-order valence-electron chi connectivity index (χ1n) is 10.6. The molecule has 2 amide bonds. The van der Waals surface area contributed by atoms with Crippen molar-refractivity contribution in [1.29, 1.82) is 5.26 Å². The van der Waals surface area contributed by atoms with Crippen molar-refractivity contribution in [3.05, 3.63) is 99.0 Å². The van der Waals surface area contributed by atoms with Gasteiger partial charge in [0.2, 0.25) is 5.91 Å². The fraction of sp³-hybridized carbons (Fsp3) is 0.192. The van der Waals surface area contributed by atoms with Crippen LogP contribution in [0.4, 0.5) is 0 Å². The number of carbonyl (C=O) groups excluding carboxylic acids is 2. The maximum atomic E-state index is 13.4. The van der Waals surface area contributed by atoms with Crippen LogP contribution in [0.2, 0.25) is 10.0 Å². The first-order valence-corrected chi connectivity index (χ1v) is 11.3. The molecule has 0 aliphatic carbocycles. The standard InChI is InChI=1S/C26H23Cl2N3O3/c1-18(32)30-11-12-31(16-21-9-10-23(27)14-25(21)28)26(33)19-7-4-8-24(13-19)34-17-22-6-3-2-5-20(22)15-29/h2-10,13-14H,11-12,16-17H2,1H3,(H,30,32). The summed E-state index contributed by atoms with van der Waals surface area (Å²) in [5, 5.41) is 12.9. The molecule has 0 aromatic heterocycles. The van der Waals surface area contributed by atoms with Gasteiger partial charge in [-0.2, -0.15) is 5.26 Å². The SMILES string of the molecule is CC(=O)NCCN(Cc1ccc(Cl)cc1Cl)C(=O)c1cccc(OCc2ccccc2C#N)c1. The number of amides is 2. The molecule has 3 aromatic rings. The second kappa shape index (κ2) is 12.1. The Labute approximate surface area is 208 Å². The van der Waals surface area contributed by atoms with Crippen LogP contribution in [0.15, 0.2) is 66.7 Å². The van der Waals surface area contributed by atoms with E-state index in [0.717, 1.165) is 11.1 Å². The number of rotatable bonds is 9. The average Bonchev–Trinajstić information content (AvgIpc) is 2.83. The summed E-state index contributed by atoms with van der Waals surface area (Å²) in [7, 11) is 0. The molecule has 0 fully saturated rings. The highest BCUT2D eigenvalue weighted by Crippen LogP contribution is 2.24. The Balaban J connectivity index is 1.78. The molecule has 3 aromatic carbocycles. The highest BCUT2D eigenvalue weighted by molar-refractivity contribution is 6.35. The molecule has 0 radical (unpaired) electrons. The van der Waals surface area contributed by atoms with Gasteiger partial charge in [0.05, 0.1) is 11.6 Å². The molecule has 8 heteroatoms. The minimum Gasteiger partial charge on any atom is -0.489 e. The van der Waals surface area contributed by atoms with Crippen molar-refractivity contribution >= 4 is 35.0 Å². The summed E-state index contributed by atoms with van der Waals surface area (Å²) < 4.78 is 5.85. The van der Waals surface area contributed by atoms with Crippen LogP contribution in [0.25, 0.3) is 0 Å². The van der Waals surface area contributed by atoms with Crippen molar-refractivity contribution in [2.24, 2.45) is 0 Å². The number of nitriles is 1. The second-order valence-electron chi connectivity index (χ2n) is 7.53. The van der Waals surface area contributed by atoms with E-state index in [-0.39, 0.29) is 31.5 Å². The summed E-state index contributed by atoms with van der Waals surface area (Å²) in [5.74, 6) is 0.0918. The Bertz CT molecular complexity index is 1220. The van der Waals surface area contributed by atoms with E-state index in [1.807, 2.05) is 12.1 Å². The molecule has 34 heavy (non-hydrogen) atoms. The summed E-state index contributed by atoms with van der Waals surface area (Å²) in [5.41, 5.74) is 2.47. The molecule has 6 nitrogen and oxygen atoms in total. The fourth-order valence-corrected chi connectivity index (χ4v) is 3.76. The molecule has 0 saturated heterocycles. The summed E-state index contributed by atoms with van der Waals surface area (Å²) in [6.45, 7) is 2.46. The van der Waals surface area contributed by atoms with Crippen LogP contribution in [0, 0.1) is 11.3 Å². The number of nitrogens with zero attached hydrogens (tertiary/aromatic N) is 2. The van der Waals surface area contributed by atoms with Crippen molar-refractivity contribution in [2.75, 3.05) is 13.1 Å². The Kier molecular flexibility index (Phi) is 8.92.